The highest BCUT2D eigenvalue weighted by atomic mass is 19.1. The second-order valence-corrected chi connectivity index (χ2v) is 5.99. The maximum atomic E-state index is 13.1. The minimum atomic E-state index is -0.923. The summed E-state index contributed by atoms with van der Waals surface area (Å²) in [6.07, 6.45) is 3.74. The van der Waals surface area contributed by atoms with Crippen LogP contribution in [0.2, 0.25) is 0 Å². The maximum Gasteiger partial charge on any atom is 0.246 e. The fourth-order valence-corrected chi connectivity index (χ4v) is 2.81. The molecule has 4 nitrogen and oxygen atoms in total. The monoisotopic (exact) mass is 309 g/mol. The molecule has 0 aliphatic heterocycles. The van der Waals surface area contributed by atoms with Crippen molar-refractivity contribution in [1.82, 2.24) is 5.32 Å². The molecule has 0 bridgehead atoms. The van der Waals surface area contributed by atoms with Gasteiger partial charge in [0.2, 0.25) is 5.91 Å². The van der Waals surface area contributed by atoms with Crippen molar-refractivity contribution in [2.75, 3.05) is 13.2 Å². The number of carbonyl (C=O) groups is 1. The Morgan fingerprint density at radius 2 is 2.23 bits per heavy atom. The van der Waals surface area contributed by atoms with Crippen LogP contribution < -0.4 is 5.32 Å². The van der Waals surface area contributed by atoms with E-state index in [0.717, 1.165) is 19.3 Å². The topological polar surface area (TPSA) is 58.6 Å². The van der Waals surface area contributed by atoms with Gasteiger partial charge in [0.25, 0.3) is 0 Å². The molecule has 0 heterocycles. The highest BCUT2D eigenvalue weighted by molar-refractivity contribution is 5.77. The van der Waals surface area contributed by atoms with Crippen LogP contribution in [0.4, 0.5) is 4.39 Å². The summed E-state index contributed by atoms with van der Waals surface area (Å²) in [5.41, 5.74) is 0.446. The molecular formula is C17H24FNO3. The fraction of sp³-hybridized carbons (Fsp3) is 0.588. The van der Waals surface area contributed by atoms with Crippen molar-refractivity contribution in [1.29, 1.82) is 0 Å². The first-order valence-electron chi connectivity index (χ1n) is 7.88. The van der Waals surface area contributed by atoms with Crippen LogP contribution in [0.3, 0.4) is 0 Å². The molecule has 1 aliphatic rings. The molecular weight excluding hydrogens is 285 g/mol. The van der Waals surface area contributed by atoms with Gasteiger partial charge in [-0.1, -0.05) is 31.9 Å². The standard InChI is InChI=1S/C17H24FNO3/c1-12-5-2-3-8-16(12)22-11-17(21)19-10-15(20)13-6-4-7-14(18)9-13/h4,6-7,9,12,15-16,20H,2-3,5,8,10-11H2,1H3,(H,19,21). The van der Waals surface area contributed by atoms with E-state index < -0.39 is 11.9 Å². The number of hydrogen-bond acceptors (Lipinski definition) is 3. The van der Waals surface area contributed by atoms with E-state index in [2.05, 4.69) is 12.2 Å². The quantitative estimate of drug-likeness (QED) is 0.849. The minimum absolute atomic E-state index is 0.00484. The van der Waals surface area contributed by atoms with Gasteiger partial charge in [-0.05, 0) is 36.5 Å². The molecule has 2 N–H and O–H groups in total. The summed E-state index contributed by atoms with van der Waals surface area (Å²) in [4.78, 5) is 11.8. The first-order valence-corrected chi connectivity index (χ1v) is 7.88. The molecule has 22 heavy (non-hydrogen) atoms. The number of halogens is 1. The second-order valence-electron chi connectivity index (χ2n) is 5.99. The molecule has 2 rings (SSSR count). The highest BCUT2D eigenvalue weighted by Gasteiger charge is 2.22. The van der Waals surface area contributed by atoms with E-state index in [0.29, 0.717) is 11.5 Å². The van der Waals surface area contributed by atoms with E-state index in [1.165, 1.54) is 24.6 Å². The Labute approximate surface area is 130 Å². The summed E-state index contributed by atoms with van der Waals surface area (Å²) in [6.45, 7) is 2.20. The highest BCUT2D eigenvalue weighted by Crippen LogP contribution is 2.26. The molecule has 1 amide bonds. The number of nitrogens with one attached hydrogen (secondary N) is 1. The van der Waals surface area contributed by atoms with Gasteiger partial charge < -0.3 is 15.2 Å². The van der Waals surface area contributed by atoms with E-state index in [1.807, 2.05) is 0 Å². The van der Waals surface area contributed by atoms with Gasteiger partial charge in [0.15, 0.2) is 0 Å². The predicted octanol–water partition coefficient (Wildman–Crippen LogP) is 2.57. The van der Waals surface area contributed by atoms with Gasteiger partial charge in [-0.2, -0.15) is 0 Å². The van der Waals surface area contributed by atoms with Gasteiger partial charge in [0.05, 0.1) is 12.2 Å². The Balaban J connectivity index is 1.71. The van der Waals surface area contributed by atoms with Crippen LogP contribution in [-0.2, 0) is 9.53 Å². The van der Waals surface area contributed by atoms with Crippen molar-refractivity contribution in [2.45, 2.75) is 44.8 Å². The van der Waals surface area contributed by atoms with Crippen LogP contribution in [0.15, 0.2) is 24.3 Å². The van der Waals surface area contributed by atoms with Crippen molar-refractivity contribution in [3.8, 4) is 0 Å². The second kappa shape index (κ2) is 8.25. The number of rotatable bonds is 6. The summed E-state index contributed by atoms with van der Waals surface area (Å²) in [7, 11) is 0. The molecule has 0 spiro atoms. The smallest absolute Gasteiger partial charge is 0.246 e. The molecule has 3 unspecified atom stereocenters. The summed E-state index contributed by atoms with van der Waals surface area (Å²) in [6, 6.07) is 5.73. The molecule has 5 heteroatoms. The third kappa shape index (κ3) is 5.07. The predicted molar refractivity (Wildman–Crippen MR) is 81.7 cm³/mol. The summed E-state index contributed by atoms with van der Waals surface area (Å²) < 4.78 is 18.7. The number of aliphatic hydroxyl groups is 1. The van der Waals surface area contributed by atoms with Gasteiger partial charge >= 0.3 is 0 Å². The molecule has 1 aromatic carbocycles. The number of ether oxygens (including phenoxy) is 1. The zero-order valence-corrected chi connectivity index (χ0v) is 12.9. The molecule has 1 aliphatic carbocycles. The van der Waals surface area contributed by atoms with Gasteiger partial charge in [-0.15, -0.1) is 0 Å². The van der Waals surface area contributed by atoms with Crippen LogP contribution in [0.1, 0.15) is 44.3 Å². The molecule has 0 aromatic heterocycles. The zero-order chi connectivity index (χ0) is 15.9. The van der Waals surface area contributed by atoms with E-state index in [-0.39, 0.29) is 25.2 Å². The molecule has 1 saturated carbocycles. The lowest BCUT2D eigenvalue weighted by Gasteiger charge is -2.28. The van der Waals surface area contributed by atoms with Crippen molar-refractivity contribution >= 4 is 5.91 Å². The van der Waals surface area contributed by atoms with Crippen molar-refractivity contribution in [2.24, 2.45) is 5.92 Å². The third-order valence-corrected chi connectivity index (χ3v) is 4.19. The van der Waals surface area contributed by atoms with Crippen LogP contribution in [0, 0.1) is 11.7 Å². The van der Waals surface area contributed by atoms with Crippen molar-refractivity contribution in [3.05, 3.63) is 35.6 Å². The first kappa shape index (κ1) is 16.9. The number of benzene rings is 1. The fourth-order valence-electron chi connectivity index (χ4n) is 2.81. The third-order valence-electron chi connectivity index (χ3n) is 4.19. The van der Waals surface area contributed by atoms with Crippen LogP contribution in [0.25, 0.3) is 0 Å². The minimum Gasteiger partial charge on any atom is -0.387 e. The Morgan fingerprint density at radius 1 is 1.45 bits per heavy atom. The average molecular weight is 309 g/mol. The first-order chi connectivity index (χ1) is 10.6. The molecule has 1 fully saturated rings. The Bertz CT molecular complexity index is 495. The van der Waals surface area contributed by atoms with E-state index >= 15 is 0 Å². The van der Waals surface area contributed by atoms with Crippen molar-refractivity contribution in [3.63, 3.8) is 0 Å². The Kier molecular flexibility index (Phi) is 6.34. The molecule has 122 valence electrons. The normalized spacial score (nSPS) is 23.0. The lowest BCUT2D eigenvalue weighted by Crippen LogP contribution is -2.35. The number of carbonyl (C=O) groups excluding carboxylic acids is 1. The van der Waals surface area contributed by atoms with E-state index in [9.17, 15) is 14.3 Å². The number of aliphatic hydroxyl groups excluding tert-OH is 1. The van der Waals surface area contributed by atoms with Gasteiger partial charge in [-0.3, -0.25) is 4.79 Å². The van der Waals surface area contributed by atoms with Crippen LogP contribution >= 0.6 is 0 Å². The summed E-state index contributed by atoms with van der Waals surface area (Å²) in [5.74, 6) is -0.176. The SMILES string of the molecule is CC1CCCCC1OCC(=O)NCC(O)c1cccc(F)c1. The van der Waals surface area contributed by atoms with Gasteiger partial charge in [0.1, 0.15) is 12.4 Å². The molecule has 3 atom stereocenters. The maximum absolute atomic E-state index is 13.1. The summed E-state index contributed by atoms with van der Waals surface area (Å²) in [5, 5.41) is 12.5. The largest absolute Gasteiger partial charge is 0.387 e. The zero-order valence-electron chi connectivity index (χ0n) is 12.9. The lowest BCUT2D eigenvalue weighted by molar-refractivity contribution is -0.130. The number of amides is 1. The average Bonchev–Trinajstić information content (AvgIpc) is 2.52. The molecule has 1 aromatic rings. The van der Waals surface area contributed by atoms with Crippen molar-refractivity contribution < 1.29 is 19.0 Å². The van der Waals surface area contributed by atoms with E-state index in [1.54, 1.807) is 6.07 Å². The van der Waals surface area contributed by atoms with Crippen LogP contribution in [-0.4, -0.2) is 30.3 Å². The molecule has 0 radical (unpaired) electrons. The Morgan fingerprint density at radius 3 is 2.95 bits per heavy atom. The number of hydrogen-bond donors (Lipinski definition) is 2. The lowest BCUT2D eigenvalue weighted by atomic mass is 9.88. The Hall–Kier alpha value is -1.46. The van der Waals surface area contributed by atoms with Gasteiger partial charge in [0, 0.05) is 6.54 Å². The summed E-state index contributed by atoms with van der Waals surface area (Å²) >= 11 is 0. The molecule has 0 saturated heterocycles. The van der Waals surface area contributed by atoms with Gasteiger partial charge in [-0.25, -0.2) is 4.39 Å². The van der Waals surface area contributed by atoms with Crippen LogP contribution in [0.5, 0.6) is 0 Å². The van der Waals surface area contributed by atoms with E-state index in [4.69, 9.17) is 4.74 Å².